The summed E-state index contributed by atoms with van der Waals surface area (Å²) < 4.78 is 0. The maximum Gasteiger partial charge on any atom is 0.303 e. The number of carboxylic acids is 1. The molecule has 0 atom stereocenters. The molecule has 1 radical (unpaired) electrons. The van der Waals surface area contributed by atoms with Gasteiger partial charge in [-0.15, -0.1) is 0 Å². The molecule has 0 aliphatic carbocycles. The number of aliphatic hydroxyl groups excluding tert-OH is 1. The van der Waals surface area contributed by atoms with Gasteiger partial charge < -0.3 is 10.2 Å². The Hall–Kier alpha value is 0.430. The topological polar surface area (TPSA) is 57.5 Å². The number of aliphatic carboxylic acids is 1. The van der Waals surface area contributed by atoms with Crippen LogP contribution in [0.3, 0.4) is 0 Å². The molecular formula is C6H12NaO3. The van der Waals surface area contributed by atoms with Crippen molar-refractivity contribution in [3.8, 4) is 0 Å². The molecule has 0 heterocycles. The van der Waals surface area contributed by atoms with Gasteiger partial charge in [0.05, 0.1) is 0 Å². The van der Waals surface area contributed by atoms with E-state index in [-0.39, 0.29) is 42.6 Å². The van der Waals surface area contributed by atoms with Gasteiger partial charge >= 0.3 is 5.97 Å². The fourth-order valence-corrected chi connectivity index (χ4v) is 0.565. The molecule has 0 saturated heterocycles. The van der Waals surface area contributed by atoms with Gasteiger partial charge in [0.15, 0.2) is 0 Å². The monoisotopic (exact) mass is 155 g/mol. The molecular weight excluding hydrogens is 143 g/mol. The van der Waals surface area contributed by atoms with E-state index in [0.29, 0.717) is 12.8 Å². The summed E-state index contributed by atoms with van der Waals surface area (Å²) in [6, 6.07) is 0. The Balaban J connectivity index is 0. The molecule has 3 nitrogen and oxygen atoms in total. The summed E-state index contributed by atoms with van der Waals surface area (Å²) in [6.45, 7) is 0.166. The van der Waals surface area contributed by atoms with Crippen LogP contribution >= 0.6 is 0 Å². The van der Waals surface area contributed by atoms with Crippen molar-refractivity contribution >= 4 is 35.5 Å². The third kappa shape index (κ3) is 11.3. The van der Waals surface area contributed by atoms with Gasteiger partial charge in [-0.05, 0) is 12.8 Å². The van der Waals surface area contributed by atoms with E-state index in [1.807, 2.05) is 0 Å². The third-order valence-corrected chi connectivity index (χ3v) is 1.05. The molecule has 10 heavy (non-hydrogen) atoms. The van der Waals surface area contributed by atoms with E-state index >= 15 is 0 Å². The van der Waals surface area contributed by atoms with Crippen LogP contribution in [0.5, 0.6) is 0 Å². The van der Waals surface area contributed by atoms with Crippen LogP contribution in [0.1, 0.15) is 25.7 Å². The number of hydrogen-bond donors (Lipinski definition) is 2. The smallest absolute Gasteiger partial charge is 0.303 e. The first-order valence-corrected chi connectivity index (χ1v) is 3.10. The Labute approximate surface area is 82.7 Å². The van der Waals surface area contributed by atoms with Gasteiger partial charge in [-0.25, -0.2) is 0 Å². The van der Waals surface area contributed by atoms with Crippen LogP contribution in [0.15, 0.2) is 0 Å². The second kappa shape index (κ2) is 9.43. The zero-order chi connectivity index (χ0) is 7.11. The molecule has 0 aromatic heterocycles. The molecule has 0 amide bonds. The van der Waals surface area contributed by atoms with Crippen molar-refractivity contribution in [2.75, 3.05) is 6.61 Å². The van der Waals surface area contributed by atoms with E-state index in [1.54, 1.807) is 0 Å². The van der Waals surface area contributed by atoms with Crippen molar-refractivity contribution < 1.29 is 15.0 Å². The van der Waals surface area contributed by atoms with E-state index in [2.05, 4.69) is 0 Å². The van der Waals surface area contributed by atoms with Gasteiger partial charge in [-0.2, -0.15) is 0 Å². The summed E-state index contributed by atoms with van der Waals surface area (Å²) in [7, 11) is 0. The summed E-state index contributed by atoms with van der Waals surface area (Å²) in [4.78, 5) is 9.90. The molecule has 0 aliphatic rings. The average molecular weight is 155 g/mol. The van der Waals surface area contributed by atoms with E-state index in [0.717, 1.165) is 6.42 Å². The van der Waals surface area contributed by atoms with Gasteiger partial charge in [-0.1, -0.05) is 6.42 Å². The first-order chi connectivity index (χ1) is 4.27. The number of hydrogen-bond acceptors (Lipinski definition) is 2. The molecule has 55 valence electrons. The largest absolute Gasteiger partial charge is 0.481 e. The fraction of sp³-hybridized carbons (Fsp3) is 0.833. The van der Waals surface area contributed by atoms with Crippen LogP contribution in [0.25, 0.3) is 0 Å². The van der Waals surface area contributed by atoms with Crippen molar-refractivity contribution in [2.24, 2.45) is 0 Å². The van der Waals surface area contributed by atoms with Crippen LogP contribution in [0.2, 0.25) is 0 Å². The molecule has 0 rings (SSSR count). The van der Waals surface area contributed by atoms with Crippen LogP contribution < -0.4 is 0 Å². The second-order valence-electron chi connectivity index (χ2n) is 1.93. The van der Waals surface area contributed by atoms with Gasteiger partial charge in [0.25, 0.3) is 0 Å². The normalized spacial score (nSPS) is 8.50. The second-order valence-corrected chi connectivity index (χ2v) is 1.93. The predicted octanol–water partition coefficient (Wildman–Crippen LogP) is 0.243. The molecule has 0 spiro atoms. The standard InChI is InChI=1S/C6H12O3.Na/c7-5-3-1-2-4-6(8)9;/h7H,1-5H2,(H,8,9);. The van der Waals surface area contributed by atoms with Gasteiger partial charge in [0.1, 0.15) is 0 Å². The third-order valence-electron chi connectivity index (χ3n) is 1.05. The van der Waals surface area contributed by atoms with E-state index < -0.39 is 5.97 Å². The van der Waals surface area contributed by atoms with Crippen LogP contribution in [-0.4, -0.2) is 52.3 Å². The summed E-state index contributed by atoms with van der Waals surface area (Å²) in [5, 5.41) is 16.4. The first-order valence-electron chi connectivity index (χ1n) is 3.10. The minimum absolute atomic E-state index is 0. The molecule has 4 heteroatoms. The van der Waals surface area contributed by atoms with Crippen molar-refractivity contribution in [3.05, 3.63) is 0 Å². The summed E-state index contributed by atoms with van der Waals surface area (Å²) in [5.41, 5.74) is 0. The molecule has 0 saturated carbocycles. The van der Waals surface area contributed by atoms with Gasteiger partial charge in [0.2, 0.25) is 0 Å². The van der Waals surface area contributed by atoms with Crippen molar-refractivity contribution in [1.82, 2.24) is 0 Å². The van der Waals surface area contributed by atoms with E-state index in [4.69, 9.17) is 10.2 Å². The number of carboxylic acid groups (broad SMARTS) is 1. The molecule has 0 aliphatic heterocycles. The molecule has 0 aromatic rings. The average Bonchev–Trinajstić information content (AvgIpc) is 1.80. The summed E-state index contributed by atoms with van der Waals surface area (Å²) in [5.74, 6) is -0.757. The Morgan fingerprint density at radius 2 is 1.80 bits per heavy atom. The Morgan fingerprint density at radius 3 is 2.20 bits per heavy atom. The predicted molar refractivity (Wildman–Crippen MR) is 38.9 cm³/mol. The summed E-state index contributed by atoms with van der Waals surface area (Å²) in [6.07, 6.45) is 2.42. The molecule has 2 N–H and O–H groups in total. The number of carbonyl (C=O) groups is 1. The fourth-order valence-electron chi connectivity index (χ4n) is 0.565. The van der Waals surface area contributed by atoms with Crippen LogP contribution in [0, 0.1) is 0 Å². The molecule has 0 bridgehead atoms. The molecule has 0 aromatic carbocycles. The van der Waals surface area contributed by atoms with Gasteiger partial charge in [0, 0.05) is 42.6 Å². The zero-order valence-electron chi connectivity index (χ0n) is 6.34. The first kappa shape index (κ1) is 13.1. The van der Waals surface area contributed by atoms with Crippen molar-refractivity contribution in [3.63, 3.8) is 0 Å². The van der Waals surface area contributed by atoms with Crippen LogP contribution in [0.4, 0.5) is 0 Å². The van der Waals surface area contributed by atoms with Crippen molar-refractivity contribution in [2.45, 2.75) is 25.7 Å². The van der Waals surface area contributed by atoms with Crippen molar-refractivity contribution in [1.29, 1.82) is 0 Å². The van der Waals surface area contributed by atoms with Crippen LogP contribution in [-0.2, 0) is 4.79 Å². The van der Waals surface area contributed by atoms with E-state index in [1.165, 1.54) is 0 Å². The quantitative estimate of drug-likeness (QED) is 0.441. The minimum Gasteiger partial charge on any atom is -0.481 e. The Bertz CT molecular complexity index is 85.1. The summed E-state index contributed by atoms with van der Waals surface area (Å²) >= 11 is 0. The molecule has 0 fully saturated rings. The maximum absolute atomic E-state index is 9.90. The van der Waals surface area contributed by atoms with Gasteiger partial charge in [-0.3, -0.25) is 4.79 Å². The number of rotatable bonds is 5. The number of unbranched alkanes of at least 4 members (excludes halogenated alkanes) is 2. The maximum atomic E-state index is 9.90. The Kier molecular flexibility index (Phi) is 12.3. The van der Waals surface area contributed by atoms with E-state index in [9.17, 15) is 4.79 Å². The SMILES string of the molecule is O=C(O)CCCCCO.[Na]. The zero-order valence-corrected chi connectivity index (χ0v) is 8.34. The molecule has 0 unspecified atom stereocenters. The Morgan fingerprint density at radius 1 is 1.20 bits per heavy atom. The number of aliphatic hydroxyl groups is 1. The minimum atomic E-state index is -0.757.